The van der Waals surface area contributed by atoms with Crippen LogP contribution < -0.4 is 4.74 Å². The normalized spacial score (nSPS) is 10.4. The summed E-state index contributed by atoms with van der Waals surface area (Å²) in [4.78, 5) is 11.4. The second-order valence-electron chi connectivity index (χ2n) is 4.77. The molecule has 0 bridgehead atoms. The van der Waals surface area contributed by atoms with E-state index in [1.54, 1.807) is 18.2 Å². The van der Waals surface area contributed by atoms with Crippen LogP contribution in [0.15, 0.2) is 42.5 Å². The molecule has 1 N–H and O–H groups in total. The predicted octanol–water partition coefficient (Wildman–Crippen LogP) is 4.57. The lowest BCUT2D eigenvalue weighted by Gasteiger charge is -2.11. The summed E-state index contributed by atoms with van der Waals surface area (Å²) >= 11 is 6.02. The minimum Gasteiger partial charge on any atom is -0.487 e. The molecule has 0 saturated carbocycles. The van der Waals surface area contributed by atoms with Gasteiger partial charge in [0.15, 0.2) is 0 Å². The van der Waals surface area contributed by atoms with Gasteiger partial charge in [0.05, 0.1) is 10.6 Å². The van der Waals surface area contributed by atoms with Crippen LogP contribution >= 0.6 is 11.6 Å². The molecule has 0 amide bonds. The van der Waals surface area contributed by atoms with E-state index in [-0.39, 0.29) is 12.2 Å². The van der Waals surface area contributed by atoms with Crippen molar-refractivity contribution in [3.8, 4) is 5.75 Å². The summed E-state index contributed by atoms with van der Waals surface area (Å²) in [5.41, 5.74) is 1.95. The van der Waals surface area contributed by atoms with Gasteiger partial charge in [-0.25, -0.2) is 4.79 Å². The van der Waals surface area contributed by atoms with Gasteiger partial charge in [-0.1, -0.05) is 49.2 Å². The molecule has 0 aliphatic heterocycles. The number of benzene rings is 2. The number of halogens is 1. The SMILES string of the molecule is CCCc1ccc(COc2ccccc2Cl)c(C(=O)O)c1. The number of hydrogen-bond donors (Lipinski definition) is 1. The van der Waals surface area contributed by atoms with E-state index in [4.69, 9.17) is 16.3 Å². The van der Waals surface area contributed by atoms with Gasteiger partial charge >= 0.3 is 5.97 Å². The van der Waals surface area contributed by atoms with Crippen LogP contribution in [0.1, 0.15) is 34.8 Å². The molecule has 0 unspecified atom stereocenters. The summed E-state index contributed by atoms with van der Waals surface area (Å²) in [6.07, 6.45) is 1.85. The van der Waals surface area contributed by atoms with Crippen molar-refractivity contribution >= 4 is 17.6 Å². The lowest BCUT2D eigenvalue weighted by molar-refractivity contribution is 0.0694. The quantitative estimate of drug-likeness (QED) is 0.850. The summed E-state index contributed by atoms with van der Waals surface area (Å²) < 4.78 is 5.62. The van der Waals surface area contributed by atoms with Gasteiger partial charge in [-0.2, -0.15) is 0 Å². The average Bonchev–Trinajstić information content (AvgIpc) is 2.47. The molecule has 110 valence electrons. The summed E-state index contributed by atoms with van der Waals surface area (Å²) in [6.45, 7) is 2.24. The molecule has 0 aliphatic carbocycles. The largest absolute Gasteiger partial charge is 0.487 e. The summed E-state index contributed by atoms with van der Waals surface area (Å²) in [5.74, 6) is -0.390. The van der Waals surface area contributed by atoms with Crippen LogP contribution in [-0.2, 0) is 13.0 Å². The third kappa shape index (κ3) is 3.99. The summed E-state index contributed by atoms with van der Waals surface area (Å²) in [5, 5.41) is 9.84. The van der Waals surface area contributed by atoms with Gasteiger partial charge in [0, 0.05) is 5.56 Å². The van der Waals surface area contributed by atoms with Crippen LogP contribution in [-0.4, -0.2) is 11.1 Å². The Morgan fingerprint density at radius 1 is 1.24 bits per heavy atom. The smallest absolute Gasteiger partial charge is 0.336 e. The second kappa shape index (κ2) is 7.14. The molecule has 21 heavy (non-hydrogen) atoms. The van der Waals surface area contributed by atoms with E-state index in [9.17, 15) is 9.90 Å². The third-order valence-corrected chi connectivity index (χ3v) is 3.48. The second-order valence-corrected chi connectivity index (χ2v) is 5.17. The van der Waals surface area contributed by atoms with Gasteiger partial charge in [0.1, 0.15) is 12.4 Å². The number of carbonyl (C=O) groups is 1. The van der Waals surface area contributed by atoms with Gasteiger partial charge < -0.3 is 9.84 Å². The number of carboxylic acid groups (broad SMARTS) is 1. The highest BCUT2D eigenvalue weighted by Crippen LogP contribution is 2.25. The zero-order valence-corrected chi connectivity index (χ0v) is 12.6. The Morgan fingerprint density at radius 3 is 2.67 bits per heavy atom. The van der Waals surface area contributed by atoms with Crippen LogP contribution in [0.3, 0.4) is 0 Å². The molecule has 0 spiro atoms. The van der Waals surface area contributed by atoms with Crippen molar-refractivity contribution in [3.05, 3.63) is 64.2 Å². The van der Waals surface area contributed by atoms with Crippen molar-refractivity contribution in [3.63, 3.8) is 0 Å². The van der Waals surface area contributed by atoms with Crippen molar-refractivity contribution in [2.24, 2.45) is 0 Å². The highest BCUT2D eigenvalue weighted by atomic mass is 35.5. The number of carboxylic acids is 1. The van der Waals surface area contributed by atoms with Crippen molar-refractivity contribution in [1.29, 1.82) is 0 Å². The number of hydrogen-bond acceptors (Lipinski definition) is 2. The van der Waals surface area contributed by atoms with E-state index in [1.165, 1.54) is 0 Å². The maximum atomic E-state index is 11.4. The lowest BCUT2D eigenvalue weighted by atomic mass is 10.0. The maximum Gasteiger partial charge on any atom is 0.336 e. The van der Waals surface area contributed by atoms with Gasteiger partial charge in [0.2, 0.25) is 0 Å². The van der Waals surface area contributed by atoms with Crippen molar-refractivity contribution in [2.45, 2.75) is 26.4 Å². The number of ether oxygens (including phenoxy) is 1. The molecule has 0 fully saturated rings. The Labute approximate surface area is 129 Å². The van der Waals surface area contributed by atoms with Crippen LogP contribution in [0, 0.1) is 0 Å². The molecule has 0 heterocycles. The summed E-state index contributed by atoms with van der Waals surface area (Å²) in [7, 11) is 0. The summed E-state index contributed by atoms with van der Waals surface area (Å²) in [6, 6.07) is 12.6. The molecule has 0 aliphatic rings. The van der Waals surface area contributed by atoms with Gasteiger partial charge in [-0.15, -0.1) is 0 Å². The monoisotopic (exact) mass is 304 g/mol. The topological polar surface area (TPSA) is 46.5 Å². The number of aryl methyl sites for hydroxylation is 1. The van der Waals surface area contributed by atoms with E-state index in [1.807, 2.05) is 24.3 Å². The van der Waals surface area contributed by atoms with E-state index in [2.05, 4.69) is 6.92 Å². The Morgan fingerprint density at radius 2 is 2.00 bits per heavy atom. The molecule has 0 aromatic heterocycles. The first-order valence-corrected chi connectivity index (χ1v) is 7.22. The molecular weight excluding hydrogens is 288 g/mol. The Hall–Kier alpha value is -2.00. The van der Waals surface area contributed by atoms with Crippen molar-refractivity contribution in [2.75, 3.05) is 0 Å². The fourth-order valence-electron chi connectivity index (χ4n) is 2.11. The average molecular weight is 305 g/mol. The number of aromatic carboxylic acids is 1. The zero-order chi connectivity index (χ0) is 15.2. The molecule has 3 nitrogen and oxygen atoms in total. The molecule has 2 rings (SSSR count). The molecule has 2 aromatic carbocycles. The molecular formula is C17H17ClO3. The minimum atomic E-state index is -0.939. The highest BCUT2D eigenvalue weighted by molar-refractivity contribution is 6.32. The van der Waals surface area contributed by atoms with Crippen LogP contribution in [0.25, 0.3) is 0 Å². The van der Waals surface area contributed by atoms with Gasteiger partial charge in [0.25, 0.3) is 0 Å². The first-order chi connectivity index (χ1) is 10.1. The molecule has 2 aromatic rings. The molecule has 0 atom stereocenters. The van der Waals surface area contributed by atoms with E-state index in [0.717, 1.165) is 18.4 Å². The molecule has 4 heteroatoms. The van der Waals surface area contributed by atoms with E-state index < -0.39 is 5.97 Å². The third-order valence-electron chi connectivity index (χ3n) is 3.16. The Kier molecular flexibility index (Phi) is 5.23. The van der Waals surface area contributed by atoms with Crippen LogP contribution in [0.5, 0.6) is 5.75 Å². The minimum absolute atomic E-state index is 0.178. The zero-order valence-electron chi connectivity index (χ0n) is 11.8. The number of rotatable bonds is 6. The molecule has 0 radical (unpaired) electrons. The Balaban J connectivity index is 2.19. The standard InChI is InChI=1S/C17H17ClO3/c1-2-5-12-8-9-13(14(10-12)17(19)20)11-21-16-7-4-3-6-15(16)18/h3-4,6-10H,2,5,11H2,1H3,(H,19,20). The van der Waals surface area contributed by atoms with Crippen molar-refractivity contribution < 1.29 is 14.6 Å². The fourth-order valence-corrected chi connectivity index (χ4v) is 2.30. The molecule has 0 saturated heterocycles. The Bertz CT molecular complexity index is 638. The number of para-hydroxylation sites is 1. The van der Waals surface area contributed by atoms with Gasteiger partial charge in [-0.05, 0) is 30.2 Å². The first-order valence-electron chi connectivity index (χ1n) is 6.84. The predicted molar refractivity (Wildman–Crippen MR) is 83.2 cm³/mol. The van der Waals surface area contributed by atoms with Gasteiger partial charge in [-0.3, -0.25) is 0 Å². The van der Waals surface area contributed by atoms with Crippen LogP contribution in [0.2, 0.25) is 5.02 Å². The fraction of sp³-hybridized carbons (Fsp3) is 0.235. The lowest BCUT2D eigenvalue weighted by Crippen LogP contribution is -2.07. The van der Waals surface area contributed by atoms with E-state index >= 15 is 0 Å². The maximum absolute atomic E-state index is 11.4. The highest BCUT2D eigenvalue weighted by Gasteiger charge is 2.12. The van der Waals surface area contributed by atoms with Crippen LogP contribution in [0.4, 0.5) is 0 Å². The van der Waals surface area contributed by atoms with Crippen molar-refractivity contribution in [1.82, 2.24) is 0 Å². The van der Waals surface area contributed by atoms with E-state index in [0.29, 0.717) is 16.3 Å². The first kappa shape index (κ1) is 15.4.